The SMILES string of the molecule is Cc1cccc(N2CCN(C(=O)Nc3ccc(C(C)(C)C)cc3)[C@H](C)C2)n1. The fraction of sp³-hybridized carbons (Fsp3) is 0.455. The van der Waals surface area contributed by atoms with Gasteiger partial charge in [0, 0.05) is 37.1 Å². The third-order valence-electron chi connectivity index (χ3n) is 5.09. The highest BCUT2D eigenvalue weighted by molar-refractivity contribution is 5.89. The van der Waals surface area contributed by atoms with E-state index in [0.717, 1.165) is 30.3 Å². The van der Waals surface area contributed by atoms with Crippen LogP contribution in [0.2, 0.25) is 0 Å². The standard InChI is InChI=1S/C22H30N4O/c1-16-7-6-8-20(23-16)25-13-14-26(17(2)15-25)21(27)24-19-11-9-18(10-12-19)22(3,4)5/h6-12,17H,13-15H2,1-5H3,(H,24,27)/t17-/m1/s1. The van der Waals surface area contributed by atoms with E-state index in [0.29, 0.717) is 6.54 Å². The molecule has 144 valence electrons. The molecule has 1 fully saturated rings. The zero-order valence-electron chi connectivity index (χ0n) is 17.0. The van der Waals surface area contributed by atoms with Crippen molar-refractivity contribution in [3.63, 3.8) is 0 Å². The summed E-state index contributed by atoms with van der Waals surface area (Å²) >= 11 is 0. The molecule has 2 amide bonds. The summed E-state index contributed by atoms with van der Waals surface area (Å²) in [5, 5.41) is 3.04. The number of nitrogens with zero attached hydrogens (tertiary/aromatic N) is 3. The van der Waals surface area contributed by atoms with Gasteiger partial charge in [-0.3, -0.25) is 0 Å². The number of aryl methyl sites for hydroxylation is 1. The van der Waals surface area contributed by atoms with Crippen LogP contribution in [0.4, 0.5) is 16.3 Å². The van der Waals surface area contributed by atoms with E-state index in [4.69, 9.17) is 0 Å². The maximum absolute atomic E-state index is 12.7. The van der Waals surface area contributed by atoms with E-state index in [9.17, 15) is 4.79 Å². The molecule has 0 spiro atoms. The molecule has 1 atom stereocenters. The van der Waals surface area contributed by atoms with Gasteiger partial charge in [0.05, 0.1) is 0 Å². The summed E-state index contributed by atoms with van der Waals surface area (Å²) in [6.45, 7) is 12.9. The van der Waals surface area contributed by atoms with Gasteiger partial charge < -0.3 is 15.1 Å². The highest BCUT2D eigenvalue weighted by Crippen LogP contribution is 2.24. The van der Waals surface area contributed by atoms with Crippen LogP contribution in [0.5, 0.6) is 0 Å². The van der Waals surface area contributed by atoms with Crippen LogP contribution in [0, 0.1) is 6.92 Å². The lowest BCUT2D eigenvalue weighted by Gasteiger charge is -2.40. The van der Waals surface area contributed by atoms with Crippen LogP contribution < -0.4 is 10.2 Å². The smallest absolute Gasteiger partial charge is 0.322 e. The number of rotatable bonds is 2. The predicted molar refractivity (Wildman–Crippen MR) is 112 cm³/mol. The number of aromatic nitrogens is 1. The number of urea groups is 1. The molecule has 0 radical (unpaired) electrons. The maximum atomic E-state index is 12.7. The first-order chi connectivity index (χ1) is 12.7. The summed E-state index contributed by atoms with van der Waals surface area (Å²) in [6.07, 6.45) is 0. The minimum Gasteiger partial charge on any atom is -0.353 e. The molecule has 0 unspecified atom stereocenters. The molecule has 27 heavy (non-hydrogen) atoms. The topological polar surface area (TPSA) is 48.5 Å². The molecule has 3 rings (SSSR count). The Labute approximate surface area is 162 Å². The summed E-state index contributed by atoms with van der Waals surface area (Å²) in [5.41, 5.74) is 3.21. The lowest BCUT2D eigenvalue weighted by molar-refractivity contribution is 0.184. The molecule has 5 heteroatoms. The first-order valence-corrected chi connectivity index (χ1v) is 9.61. The molecule has 5 nitrogen and oxygen atoms in total. The number of benzene rings is 1. The van der Waals surface area contributed by atoms with Gasteiger partial charge in [-0.2, -0.15) is 0 Å². The Morgan fingerprint density at radius 2 is 1.81 bits per heavy atom. The molecular weight excluding hydrogens is 336 g/mol. The third kappa shape index (κ3) is 4.59. The third-order valence-corrected chi connectivity index (χ3v) is 5.09. The lowest BCUT2D eigenvalue weighted by atomic mass is 9.87. The summed E-state index contributed by atoms with van der Waals surface area (Å²) in [7, 11) is 0. The van der Waals surface area contributed by atoms with Gasteiger partial charge in [0.25, 0.3) is 0 Å². The van der Waals surface area contributed by atoms with Crippen molar-refractivity contribution in [3.8, 4) is 0 Å². The van der Waals surface area contributed by atoms with E-state index in [2.05, 4.69) is 55.0 Å². The number of hydrogen-bond acceptors (Lipinski definition) is 3. The van der Waals surface area contributed by atoms with Crippen LogP contribution in [0.3, 0.4) is 0 Å². The number of amides is 2. The van der Waals surface area contributed by atoms with E-state index < -0.39 is 0 Å². The molecule has 2 heterocycles. The molecule has 1 aliphatic rings. The van der Waals surface area contributed by atoms with Gasteiger partial charge in [0.1, 0.15) is 5.82 Å². The number of hydrogen-bond donors (Lipinski definition) is 1. The number of nitrogens with one attached hydrogen (secondary N) is 1. The van der Waals surface area contributed by atoms with E-state index >= 15 is 0 Å². The van der Waals surface area contributed by atoms with E-state index in [-0.39, 0.29) is 17.5 Å². The first-order valence-electron chi connectivity index (χ1n) is 9.61. The number of piperazine rings is 1. The highest BCUT2D eigenvalue weighted by atomic mass is 16.2. The monoisotopic (exact) mass is 366 g/mol. The molecular formula is C22H30N4O. The summed E-state index contributed by atoms with van der Waals surface area (Å²) in [5.74, 6) is 0.986. The van der Waals surface area contributed by atoms with Gasteiger partial charge >= 0.3 is 6.03 Å². The Balaban J connectivity index is 1.61. The average molecular weight is 367 g/mol. The van der Waals surface area contributed by atoms with Crippen LogP contribution in [-0.4, -0.2) is 41.6 Å². The second-order valence-corrected chi connectivity index (χ2v) is 8.38. The van der Waals surface area contributed by atoms with Gasteiger partial charge in [0.15, 0.2) is 0 Å². The zero-order valence-corrected chi connectivity index (χ0v) is 17.0. The normalized spacial score (nSPS) is 17.7. The number of carbonyl (C=O) groups is 1. The van der Waals surface area contributed by atoms with Gasteiger partial charge in [-0.15, -0.1) is 0 Å². The van der Waals surface area contributed by atoms with Crippen LogP contribution in [0.1, 0.15) is 39.0 Å². The van der Waals surface area contributed by atoms with Crippen molar-refractivity contribution < 1.29 is 4.79 Å². The molecule has 1 aromatic carbocycles. The highest BCUT2D eigenvalue weighted by Gasteiger charge is 2.28. The van der Waals surface area contributed by atoms with Crippen molar-refractivity contribution in [3.05, 3.63) is 53.7 Å². The lowest BCUT2D eigenvalue weighted by Crippen LogP contribution is -2.55. The van der Waals surface area contributed by atoms with E-state index in [1.54, 1.807) is 0 Å². The Kier molecular flexibility index (Phi) is 5.40. The van der Waals surface area contributed by atoms with Crippen molar-refractivity contribution in [1.29, 1.82) is 0 Å². The van der Waals surface area contributed by atoms with Gasteiger partial charge in [-0.1, -0.05) is 39.0 Å². The quantitative estimate of drug-likeness (QED) is 0.855. The number of carbonyl (C=O) groups excluding carboxylic acids is 1. The van der Waals surface area contributed by atoms with Crippen LogP contribution >= 0.6 is 0 Å². The van der Waals surface area contributed by atoms with Crippen molar-refractivity contribution in [2.45, 2.75) is 46.1 Å². The predicted octanol–water partition coefficient (Wildman–Crippen LogP) is 4.43. The minimum atomic E-state index is -0.0390. The number of anilines is 2. The maximum Gasteiger partial charge on any atom is 0.322 e. The Bertz CT molecular complexity index is 795. The zero-order chi connectivity index (χ0) is 19.6. The van der Waals surface area contributed by atoms with Gasteiger partial charge in [-0.25, -0.2) is 9.78 Å². The van der Waals surface area contributed by atoms with Crippen LogP contribution in [-0.2, 0) is 5.41 Å². The minimum absolute atomic E-state index is 0.0390. The molecule has 0 saturated carbocycles. The van der Waals surface area contributed by atoms with Crippen molar-refractivity contribution in [2.24, 2.45) is 0 Å². The fourth-order valence-corrected chi connectivity index (χ4v) is 3.42. The number of pyridine rings is 1. The second-order valence-electron chi connectivity index (χ2n) is 8.38. The van der Waals surface area contributed by atoms with Crippen LogP contribution in [0.15, 0.2) is 42.5 Å². The molecule has 0 bridgehead atoms. The summed E-state index contributed by atoms with van der Waals surface area (Å²) < 4.78 is 0. The Morgan fingerprint density at radius 3 is 2.41 bits per heavy atom. The Hall–Kier alpha value is -2.56. The molecule has 2 aromatic rings. The van der Waals surface area contributed by atoms with Gasteiger partial charge in [-0.05, 0) is 49.1 Å². The second kappa shape index (κ2) is 7.59. The molecule has 1 saturated heterocycles. The first kappa shape index (κ1) is 19.2. The molecule has 1 aromatic heterocycles. The average Bonchev–Trinajstić information content (AvgIpc) is 2.61. The largest absolute Gasteiger partial charge is 0.353 e. The Morgan fingerprint density at radius 1 is 1.11 bits per heavy atom. The van der Waals surface area contributed by atoms with Gasteiger partial charge in [0.2, 0.25) is 0 Å². The van der Waals surface area contributed by atoms with E-state index in [1.165, 1.54) is 5.56 Å². The molecule has 1 aliphatic heterocycles. The fourth-order valence-electron chi connectivity index (χ4n) is 3.42. The molecule has 0 aliphatic carbocycles. The van der Waals surface area contributed by atoms with Crippen molar-refractivity contribution in [1.82, 2.24) is 9.88 Å². The van der Waals surface area contributed by atoms with Crippen molar-refractivity contribution in [2.75, 3.05) is 29.9 Å². The summed E-state index contributed by atoms with van der Waals surface area (Å²) in [6, 6.07) is 14.3. The molecule has 1 N–H and O–H groups in total. The van der Waals surface area contributed by atoms with E-state index in [1.807, 2.05) is 42.2 Å². The van der Waals surface area contributed by atoms with Crippen LogP contribution in [0.25, 0.3) is 0 Å². The van der Waals surface area contributed by atoms with Crippen molar-refractivity contribution >= 4 is 17.5 Å². The summed E-state index contributed by atoms with van der Waals surface area (Å²) in [4.78, 5) is 21.5.